The zero-order chi connectivity index (χ0) is 20.6. The third kappa shape index (κ3) is 6.50. The van der Waals surface area contributed by atoms with Crippen molar-refractivity contribution >= 4 is 53.1 Å². The van der Waals surface area contributed by atoms with E-state index in [2.05, 4.69) is 31.5 Å². The van der Waals surface area contributed by atoms with E-state index >= 15 is 0 Å². The molecule has 2 N–H and O–H groups in total. The first-order valence-corrected chi connectivity index (χ1v) is 10.3. The molecule has 8 heteroatoms. The molecule has 0 unspecified atom stereocenters. The van der Waals surface area contributed by atoms with Gasteiger partial charge in [0.25, 0.3) is 5.91 Å². The van der Waals surface area contributed by atoms with Gasteiger partial charge in [-0.05, 0) is 42.8 Å². The highest BCUT2D eigenvalue weighted by molar-refractivity contribution is 14.0. The Labute approximate surface area is 200 Å². The predicted octanol–water partition coefficient (Wildman–Crippen LogP) is 3.61. The molecule has 30 heavy (non-hydrogen) atoms. The van der Waals surface area contributed by atoms with Gasteiger partial charge in [-0.3, -0.25) is 9.79 Å². The first-order valence-electron chi connectivity index (χ1n) is 9.94. The number of halogens is 2. The Morgan fingerprint density at radius 2 is 1.80 bits per heavy atom. The van der Waals surface area contributed by atoms with E-state index in [0.717, 1.165) is 48.4 Å². The summed E-state index contributed by atoms with van der Waals surface area (Å²) >= 11 is 6.12. The molecule has 0 bridgehead atoms. The minimum atomic E-state index is -0.0455. The highest BCUT2D eigenvalue weighted by Gasteiger charge is 2.20. The molecule has 6 nitrogen and oxygen atoms in total. The molecule has 3 rings (SSSR count). The number of carbonyl (C=O) groups excluding carboxylic acids is 1. The number of amides is 1. The van der Waals surface area contributed by atoms with Crippen LogP contribution < -0.4 is 15.5 Å². The quantitative estimate of drug-likeness (QED) is 0.345. The fourth-order valence-electron chi connectivity index (χ4n) is 3.45. The zero-order valence-corrected chi connectivity index (χ0v) is 20.5. The first kappa shape index (κ1) is 24.3. The van der Waals surface area contributed by atoms with E-state index in [1.54, 1.807) is 7.05 Å². The highest BCUT2D eigenvalue weighted by Crippen LogP contribution is 2.20. The van der Waals surface area contributed by atoms with Gasteiger partial charge in [0.15, 0.2) is 5.96 Å². The van der Waals surface area contributed by atoms with Crippen molar-refractivity contribution in [3.8, 4) is 0 Å². The van der Waals surface area contributed by atoms with Crippen LogP contribution in [0.25, 0.3) is 0 Å². The number of piperazine rings is 1. The summed E-state index contributed by atoms with van der Waals surface area (Å²) in [6.45, 7) is 6.74. The van der Waals surface area contributed by atoms with Gasteiger partial charge in [0.05, 0.1) is 0 Å². The van der Waals surface area contributed by atoms with Crippen LogP contribution in [0.1, 0.15) is 22.8 Å². The van der Waals surface area contributed by atoms with Crippen molar-refractivity contribution in [1.82, 2.24) is 15.5 Å². The topological polar surface area (TPSA) is 60.0 Å². The predicted molar refractivity (Wildman–Crippen MR) is 135 cm³/mol. The van der Waals surface area contributed by atoms with Crippen molar-refractivity contribution in [2.24, 2.45) is 4.99 Å². The lowest BCUT2D eigenvalue weighted by Gasteiger charge is -2.37. The Hall–Kier alpha value is -2.00. The van der Waals surface area contributed by atoms with Crippen LogP contribution in [0, 0.1) is 0 Å². The van der Waals surface area contributed by atoms with E-state index in [4.69, 9.17) is 11.6 Å². The zero-order valence-electron chi connectivity index (χ0n) is 17.4. The number of hydrogen-bond acceptors (Lipinski definition) is 3. The van der Waals surface area contributed by atoms with Crippen molar-refractivity contribution in [3.63, 3.8) is 0 Å². The summed E-state index contributed by atoms with van der Waals surface area (Å²) in [5.41, 5.74) is 2.88. The van der Waals surface area contributed by atoms with Gasteiger partial charge in [0.1, 0.15) is 0 Å². The molecule has 1 aliphatic rings. The molecule has 0 aromatic heterocycles. The number of nitrogens with zero attached hydrogens (tertiary/aromatic N) is 3. The molecule has 1 heterocycles. The average Bonchev–Trinajstić information content (AvgIpc) is 2.75. The fraction of sp³-hybridized carbons (Fsp3) is 0.364. The first-order chi connectivity index (χ1) is 14.1. The summed E-state index contributed by atoms with van der Waals surface area (Å²) in [6, 6.07) is 15.7. The van der Waals surface area contributed by atoms with Crippen LogP contribution in [-0.4, -0.2) is 56.5 Å². The van der Waals surface area contributed by atoms with Crippen LogP contribution in [0.5, 0.6) is 0 Å². The molecule has 0 aliphatic carbocycles. The number of hydrogen-bond donors (Lipinski definition) is 2. The summed E-state index contributed by atoms with van der Waals surface area (Å²) in [4.78, 5) is 21.1. The lowest BCUT2D eigenvalue weighted by molar-refractivity contribution is 0.0955. The van der Waals surface area contributed by atoms with E-state index in [1.807, 2.05) is 49.4 Å². The summed E-state index contributed by atoms with van der Waals surface area (Å²) in [5, 5.41) is 7.02. The smallest absolute Gasteiger partial charge is 0.251 e. The standard InChI is InChI=1S/C22H28ClN5O.HI/c1-3-25-21(29)18-7-4-6-17(14-18)16-26-22(24-2)28-12-10-27(11-13-28)20-9-5-8-19(23)15-20;/h4-9,14-15H,3,10-13,16H2,1-2H3,(H,24,26)(H,25,29);1H. The minimum Gasteiger partial charge on any atom is -0.368 e. The minimum absolute atomic E-state index is 0. The number of aliphatic imine (C=N–C) groups is 1. The van der Waals surface area contributed by atoms with Gasteiger partial charge < -0.3 is 20.4 Å². The number of guanidine groups is 1. The van der Waals surface area contributed by atoms with Crippen LogP contribution in [0.3, 0.4) is 0 Å². The Morgan fingerprint density at radius 3 is 2.47 bits per heavy atom. The lowest BCUT2D eigenvalue weighted by atomic mass is 10.1. The second kappa shape index (κ2) is 12.0. The van der Waals surface area contributed by atoms with Gasteiger partial charge in [-0.2, -0.15) is 0 Å². The van der Waals surface area contributed by atoms with Gasteiger partial charge in [0.2, 0.25) is 0 Å². The largest absolute Gasteiger partial charge is 0.368 e. The molecule has 0 radical (unpaired) electrons. The summed E-state index contributed by atoms with van der Waals surface area (Å²) in [7, 11) is 1.80. The number of nitrogens with one attached hydrogen (secondary N) is 2. The second-order valence-electron chi connectivity index (χ2n) is 6.91. The van der Waals surface area contributed by atoms with Crippen LogP contribution in [0.4, 0.5) is 5.69 Å². The number of benzene rings is 2. The van der Waals surface area contributed by atoms with Crippen molar-refractivity contribution in [2.75, 3.05) is 44.7 Å². The normalized spacial score (nSPS) is 14.2. The van der Waals surface area contributed by atoms with Crippen LogP contribution in [0.2, 0.25) is 5.02 Å². The molecule has 162 valence electrons. The fourth-order valence-corrected chi connectivity index (χ4v) is 3.63. The number of rotatable bonds is 5. The summed E-state index contributed by atoms with van der Waals surface area (Å²) in [5.74, 6) is 0.829. The van der Waals surface area contributed by atoms with Gasteiger partial charge in [-0.1, -0.05) is 29.8 Å². The van der Waals surface area contributed by atoms with E-state index in [-0.39, 0.29) is 29.9 Å². The molecule has 1 amide bonds. The monoisotopic (exact) mass is 541 g/mol. The van der Waals surface area contributed by atoms with Gasteiger partial charge >= 0.3 is 0 Å². The van der Waals surface area contributed by atoms with Crippen molar-refractivity contribution in [2.45, 2.75) is 13.5 Å². The van der Waals surface area contributed by atoms with Gasteiger partial charge in [0, 0.05) is 62.6 Å². The van der Waals surface area contributed by atoms with Crippen molar-refractivity contribution in [3.05, 3.63) is 64.7 Å². The van der Waals surface area contributed by atoms with Gasteiger partial charge in [-0.15, -0.1) is 24.0 Å². The maximum Gasteiger partial charge on any atom is 0.251 e. The molecule has 0 saturated carbocycles. The van der Waals surface area contributed by atoms with Crippen molar-refractivity contribution in [1.29, 1.82) is 0 Å². The second-order valence-corrected chi connectivity index (χ2v) is 7.35. The van der Waals surface area contributed by atoms with Crippen LogP contribution in [-0.2, 0) is 6.54 Å². The Kier molecular flexibility index (Phi) is 9.71. The van der Waals surface area contributed by atoms with E-state index in [1.165, 1.54) is 0 Å². The Morgan fingerprint density at radius 1 is 1.07 bits per heavy atom. The third-order valence-corrected chi connectivity index (χ3v) is 5.18. The number of anilines is 1. The molecule has 0 spiro atoms. The SMILES string of the molecule is CCNC(=O)c1cccc(CNC(=NC)N2CCN(c3cccc(Cl)c3)CC2)c1.I. The summed E-state index contributed by atoms with van der Waals surface area (Å²) < 4.78 is 0. The van der Waals surface area contributed by atoms with Crippen molar-refractivity contribution < 1.29 is 4.79 Å². The van der Waals surface area contributed by atoms with E-state index < -0.39 is 0 Å². The van der Waals surface area contributed by atoms with E-state index in [0.29, 0.717) is 18.7 Å². The molecular weight excluding hydrogens is 513 g/mol. The molecular formula is C22H29ClIN5O. The van der Waals surface area contributed by atoms with Crippen LogP contribution >= 0.6 is 35.6 Å². The third-order valence-electron chi connectivity index (χ3n) is 4.94. The number of carbonyl (C=O) groups is 1. The van der Waals surface area contributed by atoms with E-state index in [9.17, 15) is 4.79 Å². The Bertz CT molecular complexity index is 868. The molecule has 1 aliphatic heterocycles. The highest BCUT2D eigenvalue weighted by atomic mass is 127. The molecule has 0 atom stereocenters. The Balaban J connectivity index is 0.00000320. The summed E-state index contributed by atoms with van der Waals surface area (Å²) in [6.07, 6.45) is 0. The van der Waals surface area contributed by atoms with Crippen LogP contribution in [0.15, 0.2) is 53.5 Å². The molecule has 2 aromatic rings. The molecule has 1 saturated heterocycles. The average molecular weight is 542 g/mol. The molecule has 2 aromatic carbocycles. The molecule has 1 fully saturated rings. The maximum atomic E-state index is 12.0. The lowest BCUT2D eigenvalue weighted by Crippen LogP contribution is -2.52. The maximum absolute atomic E-state index is 12.0. The van der Waals surface area contributed by atoms with Gasteiger partial charge in [-0.25, -0.2) is 0 Å².